The first kappa shape index (κ1) is 22.5. The number of anilines is 1. The van der Waals surface area contributed by atoms with Crippen LogP contribution in [-0.2, 0) is 19.1 Å². The minimum absolute atomic E-state index is 0.274. The number of aryl methyl sites for hydroxylation is 2. The number of carbonyl (C=O) groups is 3. The van der Waals surface area contributed by atoms with Gasteiger partial charge >= 0.3 is 11.9 Å². The second-order valence-corrected chi connectivity index (χ2v) is 9.36. The van der Waals surface area contributed by atoms with E-state index >= 15 is 0 Å². The third kappa shape index (κ3) is 4.04. The van der Waals surface area contributed by atoms with Gasteiger partial charge in [-0.15, -0.1) is 11.3 Å². The standard InChI is InChI=1S/C24H27NO6S/c1-4-9-30-24(29)18-15(14-6-5-12(2)10-13(14)3)11-32-22(18)25-21(26)19-16-7-8-17(31-16)20(19)23(27)28/h5-6,10-11,16-17,19-20H,4,7-9H2,1-3H3,(H,25,26)(H,27,28)/t16-,17+,19-,20+/m1/s1. The maximum absolute atomic E-state index is 13.2. The van der Waals surface area contributed by atoms with Gasteiger partial charge in [0.2, 0.25) is 5.91 Å². The number of hydrogen-bond donors (Lipinski definition) is 2. The van der Waals surface area contributed by atoms with E-state index in [0.717, 1.165) is 16.7 Å². The number of carbonyl (C=O) groups excluding carboxylic acids is 2. The van der Waals surface area contributed by atoms with Crippen molar-refractivity contribution in [2.45, 2.75) is 52.2 Å². The number of nitrogens with one attached hydrogen (secondary N) is 1. The van der Waals surface area contributed by atoms with Crippen LogP contribution in [-0.4, -0.2) is 41.8 Å². The maximum atomic E-state index is 13.2. The van der Waals surface area contributed by atoms with Crippen molar-refractivity contribution >= 4 is 34.2 Å². The quantitative estimate of drug-likeness (QED) is 0.597. The van der Waals surface area contributed by atoms with Gasteiger partial charge in [0, 0.05) is 10.9 Å². The molecule has 0 unspecified atom stereocenters. The molecule has 0 spiro atoms. The average Bonchev–Trinajstić information content (AvgIpc) is 3.46. The van der Waals surface area contributed by atoms with Gasteiger partial charge in [0.1, 0.15) is 10.6 Å². The third-order valence-electron chi connectivity index (χ3n) is 6.20. The van der Waals surface area contributed by atoms with Gasteiger partial charge in [-0.25, -0.2) is 4.79 Å². The lowest BCUT2D eigenvalue weighted by Gasteiger charge is -2.23. The molecule has 4 atom stereocenters. The van der Waals surface area contributed by atoms with E-state index in [2.05, 4.69) is 5.32 Å². The van der Waals surface area contributed by atoms with Crippen LogP contribution >= 0.6 is 11.3 Å². The Hall–Kier alpha value is -2.71. The average molecular weight is 458 g/mol. The summed E-state index contributed by atoms with van der Waals surface area (Å²) < 4.78 is 11.1. The summed E-state index contributed by atoms with van der Waals surface area (Å²) in [6.45, 7) is 6.16. The normalized spacial score (nSPS) is 23.8. The van der Waals surface area contributed by atoms with E-state index in [1.165, 1.54) is 11.3 Å². The van der Waals surface area contributed by atoms with Crippen molar-refractivity contribution in [3.05, 3.63) is 40.3 Å². The second kappa shape index (κ2) is 9.03. The van der Waals surface area contributed by atoms with Crippen molar-refractivity contribution in [1.29, 1.82) is 0 Å². The minimum atomic E-state index is -1.03. The highest BCUT2D eigenvalue weighted by atomic mass is 32.1. The van der Waals surface area contributed by atoms with Crippen molar-refractivity contribution < 1.29 is 29.0 Å². The summed E-state index contributed by atoms with van der Waals surface area (Å²) in [6.07, 6.45) is 1.15. The lowest BCUT2D eigenvalue weighted by molar-refractivity contribution is -0.147. The molecule has 0 saturated carbocycles. The zero-order valence-corrected chi connectivity index (χ0v) is 19.2. The molecule has 4 rings (SSSR count). The van der Waals surface area contributed by atoms with Gasteiger partial charge in [0.25, 0.3) is 0 Å². The van der Waals surface area contributed by atoms with Crippen LogP contribution in [0.25, 0.3) is 11.1 Å². The number of carboxylic acid groups (broad SMARTS) is 1. The molecule has 0 aliphatic carbocycles. The lowest BCUT2D eigenvalue weighted by atomic mass is 9.78. The SMILES string of the molecule is CCCOC(=O)c1c(-c2ccc(C)cc2C)csc1NC(=O)[C@H]1[C@@H](C(=O)O)[C@@H]2CC[C@H]1O2. The maximum Gasteiger partial charge on any atom is 0.341 e. The molecule has 2 fully saturated rings. The molecule has 2 aliphatic rings. The number of rotatable bonds is 7. The van der Waals surface area contributed by atoms with Crippen LogP contribution in [0, 0.1) is 25.7 Å². The van der Waals surface area contributed by atoms with E-state index in [0.29, 0.717) is 35.4 Å². The fourth-order valence-corrected chi connectivity index (χ4v) is 5.70. The highest BCUT2D eigenvalue weighted by Gasteiger charge is 2.55. The zero-order chi connectivity index (χ0) is 23.0. The molecule has 7 nitrogen and oxygen atoms in total. The van der Waals surface area contributed by atoms with E-state index in [9.17, 15) is 19.5 Å². The van der Waals surface area contributed by atoms with Crippen LogP contribution in [0.5, 0.6) is 0 Å². The Morgan fingerprint density at radius 2 is 1.88 bits per heavy atom. The summed E-state index contributed by atoms with van der Waals surface area (Å²) in [4.78, 5) is 37.9. The van der Waals surface area contributed by atoms with Crippen molar-refractivity contribution in [3.63, 3.8) is 0 Å². The predicted molar refractivity (Wildman–Crippen MR) is 121 cm³/mol. The highest BCUT2D eigenvalue weighted by molar-refractivity contribution is 7.15. The summed E-state index contributed by atoms with van der Waals surface area (Å²) in [5, 5.41) is 14.7. The Morgan fingerprint density at radius 3 is 2.53 bits per heavy atom. The van der Waals surface area contributed by atoms with E-state index < -0.39 is 41.9 Å². The summed E-state index contributed by atoms with van der Waals surface area (Å²) in [5.74, 6) is -3.61. The van der Waals surface area contributed by atoms with Crippen molar-refractivity contribution in [2.75, 3.05) is 11.9 Å². The van der Waals surface area contributed by atoms with Crippen molar-refractivity contribution in [2.24, 2.45) is 11.8 Å². The molecule has 1 aromatic heterocycles. The lowest BCUT2D eigenvalue weighted by Crippen LogP contribution is -2.41. The molecule has 2 aromatic rings. The van der Waals surface area contributed by atoms with Gasteiger partial charge in [-0.05, 0) is 44.2 Å². The second-order valence-electron chi connectivity index (χ2n) is 8.48. The molecule has 32 heavy (non-hydrogen) atoms. The summed E-state index contributed by atoms with van der Waals surface area (Å²) in [6, 6.07) is 5.97. The largest absolute Gasteiger partial charge is 0.481 e. The molecular weight excluding hydrogens is 430 g/mol. The molecule has 2 bridgehead atoms. The monoisotopic (exact) mass is 457 g/mol. The van der Waals surface area contributed by atoms with Gasteiger partial charge in [-0.3, -0.25) is 9.59 Å². The Morgan fingerprint density at radius 1 is 1.16 bits per heavy atom. The fourth-order valence-electron chi connectivity index (χ4n) is 4.75. The first-order valence-corrected chi connectivity index (χ1v) is 11.7. The number of benzene rings is 1. The zero-order valence-electron chi connectivity index (χ0n) is 18.3. The number of hydrogen-bond acceptors (Lipinski definition) is 6. The number of ether oxygens (including phenoxy) is 2. The number of aliphatic carboxylic acids is 1. The summed E-state index contributed by atoms with van der Waals surface area (Å²) >= 11 is 1.24. The van der Waals surface area contributed by atoms with Crippen LogP contribution in [0.2, 0.25) is 0 Å². The smallest absolute Gasteiger partial charge is 0.341 e. The number of esters is 1. The molecule has 2 N–H and O–H groups in total. The molecular formula is C24H27NO6S. The Labute approximate surface area is 190 Å². The van der Waals surface area contributed by atoms with E-state index in [1.54, 1.807) is 0 Å². The molecule has 3 heterocycles. The molecule has 2 saturated heterocycles. The van der Waals surface area contributed by atoms with Gasteiger partial charge in [0.05, 0.1) is 30.7 Å². The molecule has 8 heteroatoms. The van der Waals surface area contributed by atoms with E-state index in [1.807, 2.05) is 44.4 Å². The topological polar surface area (TPSA) is 102 Å². The first-order valence-electron chi connectivity index (χ1n) is 10.9. The summed E-state index contributed by atoms with van der Waals surface area (Å²) in [5.41, 5.74) is 4.02. The van der Waals surface area contributed by atoms with E-state index in [-0.39, 0.29) is 6.61 Å². The summed E-state index contributed by atoms with van der Waals surface area (Å²) in [7, 11) is 0. The van der Waals surface area contributed by atoms with E-state index in [4.69, 9.17) is 9.47 Å². The predicted octanol–water partition coefficient (Wildman–Crippen LogP) is 4.42. The van der Waals surface area contributed by atoms with Crippen LogP contribution < -0.4 is 5.32 Å². The fraction of sp³-hybridized carbons (Fsp3) is 0.458. The third-order valence-corrected chi connectivity index (χ3v) is 7.10. The molecule has 1 aromatic carbocycles. The Bertz CT molecular complexity index is 1060. The van der Waals surface area contributed by atoms with Crippen LogP contribution in [0.4, 0.5) is 5.00 Å². The van der Waals surface area contributed by atoms with Crippen molar-refractivity contribution in [3.8, 4) is 11.1 Å². The van der Waals surface area contributed by atoms with Crippen molar-refractivity contribution in [1.82, 2.24) is 0 Å². The van der Waals surface area contributed by atoms with Gasteiger partial charge < -0.3 is 19.9 Å². The first-order chi connectivity index (χ1) is 15.3. The van der Waals surface area contributed by atoms with Crippen LogP contribution in [0.15, 0.2) is 23.6 Å². The Kier molecular flexibility index (Phi) is 6.35. The van der Waals surface area contributed by atoms with Gasteiger partial charge in [-0.2, -0.15) is 0 Å². The van der Waals surface area contributed by atoms with Gasteiger partial charge in [0.15, 0.2) is 0 Å². The number of fused-ring (bicyclic) bond motifs is 2. The Balaban J connectivity index is 1.68. The highest BCUT2D eigenvalue weighted by Crippen LogP contribution is 2.45. The molecule has 170 valence electrons. The van der Waals surface area contributed by atoms with Gasteiger partial charge in [-0.1, -0.05) is 30.7 Å². The number of amides is 1. The number of thiophene rings is 1. The number of carboxylic acids is 1. The van der Waals surface area contributed by atoms with Crippen LogP contribution in [0.3, 0.4) is 0 Å². The van der Waals surface area contributed by atoms with Crippen LogP contribution in [0.1, 0.15) is 47.7 Å². The molecule has 2 aliphatic heterocycles. The minimum Gasteiger partial charge on any atom is -0.481 e. The molecule has 1 amide bonds. The molecule has 0 radical (unpaired) electrons.